The summed E-state index contributed by atoms with van der Waals surface area (Å²) in [6.07, 6.45) is 11.3. The number of unbranched alkanes of at least 4 members (excludes halogenated alkanes) is 4. The summed E-state index contributed by atoms with van der Waals surface area (Å²) in [7, 11) is -2.73. The number of carbonyl (C=O) groups excluding carboxylic acids is 2. The molecule has 6 nitrogen and oxygen atoms in total. The normalized spacial score (nSPS) is 22.4. The summed E-state index contributed by atoms with van der Waals surface area (Å²) >= 11 is 0. The number of hydrogen-bond acceptors (Lipinski definition) is 6. The van der Waals surface area contributed by atoms with Gasteiger partial charge in [-0.05, 0) is 55.5 Å². The minimum absolute atomic E-state index is 0.0113. The van der Waals surface area contributed by atoms with Crippen LogP contribution in [0.25, 0.3) is 0 Å². The van der Waals surface area contributed by atoms with Gasteiger partial charge in [-0.3, -0.25) is 9.59 Å². The van der Waals surface area contributed by atoms with E-state index in [1.54, 1.807) is 0 Å². The molecule has 1 fully saturated rings. The van der Waals surface area contributed by atoms with Crippen LogP contribution in [0.4, 0.5) is 0 Å². The predicted octanol–water partition coefficient (Wildman–Crippen LogP) is 8.59. The quantitative estimate of drug-likeness (QED) is 0.0767. The van der Waals surface area contributed by atoms with Crippen LogP contribution < -0.4 is 0 Å². The van der Waals surface area contributed by atoms with Crippen molar-refractivity contribution in [3.05, 3.63) is 12.2 Å². The molecular formula is C33H64O6Si2. The van der Waals surface area contributed by atoms with Crippen molar-refractivity contribution in [3.63, 3.8) is 0 Å². The van der Waals surface area contributed by atoms with Gasteiger partial charge in [0.2, 0.25) is 0 Å². The van der Waals surface area contributed by atoms with E-state index in [0.29, 0.717) is 19.3 Å². The minimum Gasteiger partial charge on any atom is -0.469 e. The molecule has 0 radical (unpaired) electrons. The zero-order valence-corrected chi connectivity index (χ0v) is 30.6. The summed E-state index contributed by atoms with van der Waals surface area (Å²) in [5.74, 6) is -0.775. The first-order valence-corrected chi connectivity index (χ1v) is 21.9. The second kappa shape index (κ2) is 16.3. The van der Waals surface area contributed by atoms with Gasteiger partial charge in [-0.2, -0.15) is 0 Å². The standard InChI is InChI=1S/C33H64O6Si2/c1-13-14-16-19-25(38-40(9,10)32(2,3)4)22-23-26-29(39-41(11,12)33(5,6)7)24-28(35)31(26)27(34)20-17-15-18-21-30(36)37-8/h22-23,25-27,29,31,34H,13-21,24H2,1-12H3/t25?,26-,27?,29?,31-/m0/s1. The van der Waals surface area contributed by atoms with E-state index in [1.807, 2.05) is 0 Å². The zero-order chi connectivity index (χ0) is 31.6. The molecule has 0 spiro atoms. The van der Waals surface area contributed by atoms with E-state index in [2.05, 4.69) is 86.8 Å². The van der Waals surface area contributed by atoms with E-state index in [0.717, 1.165) is 38.5 Å². The highest BCUT2D eigenvalue weighted by Crippen LogP contribution is 2.44. The molecule has 0 aromatic carbocycles. The largest absolute Gasteiger partial charge is 0.469 e. The van der Waals surface area contributed by atoms with Crippen LogP contribution >= 0.6 is 0 Å². The van der Waals surface area contributed by atoms with Crippen molar-refractivity contribution in [2.24, 2.45) is 11.8 Å². The van der Waals surface area contributed by atoms with E-state index in [9.17, 15) is 14.7 Å². The van der Waals surface area contributed by atoms with Crippen LogP contribution in [0.3, 0.4) is 0 Å². The van der Waals surface area contributed by atoms with E-state index < -0.39 is 28.7 Å². The molecule has 0 aromatic heterocycles. The maximum absolute atomic E-state index is 13.5. The first-order valence-electron chi connectivity index (χ1n) is 16.1. The van der Waals surface area contributed by atoms with Gasteiger partial charge in [0.1, 0.15) is 5.78 Å². The fourth-order valence-corrected chi connectivity index (χ4v) is 7.64. The predicted molar refractivity (Wildman–Crippen MR) is 175 cm³/mol. The Labute approximate surface area is 254 Å². The molecule has 0 saturated heterocycles. The van der Waals surface area contributed by atoms with Gasteiger partial charge in [-0.1, -0.05) is 92.7 Å². The van der Waals surface area contributed by atoms with Crippen LogP contribution in [0.5, 0.6) is 0 Å². The van der Waals surface area contributed by atoms with Crippen molar-refractivity contribution < 1.29 is 28.3 Å². The number of hydrogen-bond donors (Lipinski definition) is 1. The smallest absolute Gasteiger partial charge is 0.305 e. The molecule has 3 unspecified atom stereocenters. The Morgan fingerprint density at radius 3 is 2.07 bits per heavy atom. The average Bonchev–Trinajstić information content (AvgIpc) is 3.14. The molecule has 1 rings (SSSR count). The lowest BCUT2D eigenvalue weighted by molar-refractivity contribution is -0.140. The molecular weight excluding hydrogens is 549 g/mol. The van der Waals surface area contributed by atoms with Crippen LogP contribution in [0.2, 0.25) is 36.3 Å². The third-order valence-electron chi connectivity index (χ3n) is 9.79. The average molecular weight is 613 g/mol. The highest BCUT2D eigenvalue weighted by molar-refractivity contribution is 6.74. The van der Waals surface area contributed by atoms with Crippen molar-refractivity contribution in [2.75, 3.05) is 7.11 Å². The summed E-state index contributed by atoms with van der Waals surface area (Å²) in [6.45, 7) is 24.7. The lowest BCUT2D eigenvalue weighted by Crippen LogP contribution is -2.45. The summed E-state index contributed by atoms with van der Waals surface area (Å²) in [5.41, 5.74) is 0. The number of carbonyl (C=O) groups is 2. The molecule has 41 heavy (non-hydrogen) atoms. The SMILES string of the molecule is CCCCCC(C=C[C@H]1C(O[Si](C)(C)C(C)(C)C)CC(=O)[C@@H]1C(O)CCCCCC(=O)OC)O[Si](C)(C)C(C)(C)C. The molecule has 1 saturated carbocycles. The number of rotatable bonds is 17. The molecule has 0 heterocycles. The maximum Gasteiger partial charge on any atom is 0.305 e. The first kappa shape index (κ1) is 38.2. The number of ether oxygens (including phenoxy) is 1. The Morgan fingerprint density at radius 1 is 0.951 bits per heavy atom. The monoisotopic (exact) mass is 612 g/mol. The molecule has 8 heteroatoms. The summed E-state index contributed by atoms with van der Waals surface area (Å²) in [4.78, 5) is 24.9. The van der Waals surface area contributed by atoms with Gasteiger partial charge in [0.25, 0.3) is 0 Å². The van der Waals surface area contributed by atoms with Crippen molar-refractivity contribution in [1.82, 2.24) is 0 Å². The van der Waals surface area contributed by atoms with Crippen molar-refractivity contribution in [3.8, 4) is 0 Å². The van der Waals surface area contributed by atoms with E-state index in [1.165, 1.54) is 13.5 Å². The Morgan fingerprint density at radius 2 is 1.54 bits per heavy atom. The van der Waals surface area contributed by atoms with Crippen LogP contribution in [-0.4, -0.2) is 58.9 Å². The van der Waals surface area contributed by atoms with Crippen molar-refractivity contribution in [1.29, 1.82) is 0 Å². The Balaban J connectivity index is 3.24. The molecule has 240 valence electrons. The van der Waals surface area contributed by atoms with Gasteiger partial charge in [0, 0.05) is 18.8 Å². The van der Waals surface area contributed by atoms with Gasteiger partial charge in [-0.25, -0.2) is 0 Å². The zero-order valence-electron chi connectivity index (χ0n) is 28.6. The van der Waals surface area contributed by atoms with E-state index >= 15 is 0 Å². The third-order valence-corrected chi connectivity index (χ3v) is 18.8. The fourth-order valence-electron chi connectivity index (χ4n) is 4.99. The highest BCUT2D eigenvalue weighted by Gasteiger charge is 2.49. The van der Waals surface area contributed by atoms with Crippen LogP contribution in [0, 0.1) is 11.8 Å². The Kier molecular flexibility index (Phi) is 15.2. The van der Waals surface area contributed by atoms with Gasteiger partial charge in [0.05, 0.1) is 31.3 Å². The number of aliphatic hydroxyl groups is 1. The second-order valence-corrected chi connectivity index (χ2v) is 24.7. The van der Waals surface area contributed by atoms with Gasteiger partial charge in [-0.15, -0.1) is 0 Å². The lowest BCUT2D eigenvalue weighted by atomic mass is 9.86. The number of aliphatic hydroxyl groups excluding tert-OH is 1. The lowest BCUT2D eigenvalue weighted by Gasteiger charge is -2.40. The molecule has 0 aliphatic heterocycles. The maximum atomic E-state index is 13.5. The topological polar surface area (TPSA) is 82.1 Å². The second-order valence-electron chi connectivity index (χ2n) is 15.2. The summed E-state index contributed by atoms with van der Waals surface area (Å²) < 4.78 is 18.5. The van der Waals surface area contributed by atoms with E-state index in [4.69, 9.17) is 13.6 Å². The highest BCUT2D eigenvalue weighted by atomic mass is 28.4. The molecule has 0 amide bonds. The van der Waals surface area contributed by atoms with Crippen LogP contribution in [0.1, 0.15) is 113 Å². The van der Waals surface area contributed by atoms with Gasteiger partial charge >= 0.3 is 5.97 Å². The first-order chi connectivity index (χ1) is 18.8. The Hall–Kier alpha value is -0.806. The number of esters is 1. The molecule has 0 aromatic rings. The molecule has 1 N–H and O–H groups in total. The minimum atomic E-state index is -2.14. The molecule has 1 aliphatic rings. The number of ketones is 1. The molecule has 5 atom stereocenters. The third kappa shape index (κ3) is 12.0. The summed E-state index contributed by atoms with van der Waals surface area (Å²) in [6, 6.07) is 0. The van der Waals surface area contributed by atoms with Crippen molar-refractivity contribution in [2.45, 2.75) is 167 Å². The van der Waals surface area contributed by atoms with E-state index in [-0.39, 0.29) is 40.0 Å². The summed E-state index contributed by atoms with van der Waals surface area (Å²) in [5, 5.41) is 11.5. The van der Waals surface area contributed by atoms with Crippen LogP contribution in [-0.2, 0) is 23.2 Å². The van der Waals surface area contributed by atoms with Crippen LogP contribution in [0.15, 0.2) is 12.2 Å². The van der Waals surface area contributed by atoms with Crippen molar-refractivity contribution >= 4 is 28.4 Å². The van der Waals surface area contributed by atoms with Gasteiger partial charge < -0.3 is 18.7 Å². The molecule has 1 aliphatic carbocycles. The van der Waals surface area contributed by atoms with Gasteiger partial charge in [0.15, 0.2) is 16.6 Å². The molecule has 0 bridgehead atoms. The number of Topliss-reactive ketones (excluding diaryl/α,β-unsaturated/α-hetero) is 1. The fraction of sp³-hybridized carbons (Fsp3) is 0.879. The number of methoxy groups -OCH3 is 1. The Bertz CT molecular complexity index is 840.